The van der Waals surface area contributed by atoms with Crippen LogP contribution in [0.4, 0.5) is 5.69 Å². The number of nitrogens with zero attached hydrogens (tertiary/aromatic N) is 1. The number of nitrogens with one attached hydrogen (secondary N) is 1. The van der Waals surface area contributed by atoms with Gasteiger partial charge in [0.15, 0.2) is 0 Å². The number of para-hydroxylation sites is 1. The largest absolute Gasteiger partial charge is 0.494 e. The summed E-state index contributed by atoms with van der Waals surface area (Å²) in [6.07, 6.45) is 0. The zero-order valence-electron chi connectivity index (χ0n) is 17.8. The molecule has 0 aromatic heterocycles. The Bertz CT molecular complexity index is 1160. The molecule has 3 rings (SSSR count). The molecule has 0 spiro atoms. The number of anilines is 1. The van der Waals surface area contributed by atoms with Gasteiger partial charge in [0.25, 0.3) is 15.9 Å². The van der Waals surface area contributed by atoms with Crippen LogP contribution >= 0.6 is 0 Å². The number of ether oxygens (including phenoxy) is 1. The van der Waals surface area contributed by atoms with Crippen LogP contribution in [0.25, 0.3) is 0 Å². The summed E-state index contributed by atoms with van der Waals surface area (Å²) in [6.45, 7) is 4.69. The lowest BCUT2D eigenvalue weighted by Gasteiger charge is -2.21. The molecule has 3 aromatic carbocycles. The molecule has 0 aliphatic rings. The molecule has 0 bridgehead atoms. The Balaban J connectivity index is 1.74. The van der Waals surface area contributed by atoms with E-state index in [1.807, 2.05) is 50.2 Å². The third-order valence-electron chi connectivity index (χ3n) is 4.90. The monoisotopic (exact) mass is 438 g/mol. The number of benzene rings is 3. The second kappa shape index (κ2) is 9.66. The summed E-state index contributed by atoms with van der Waals surface area (Å²) in [5.41, 5.74) is 2.63. The summed E-state index contributed by atoms with van der Waals surface area (Å²) in [6, 6.07) is 20.8. The standard InChI is InChI=1S/C24H26N2O4S/c1-4-30-21-14-12-19(13-15-21)17-25-24(27)20-9-7-10-22(16-20)31(28,29)26(3)23-11-6-5-8-18(23)2/h5-16H,4,17H2,1-3H3,(H,25,27). The molecule has 0 heterocycles. The maximum absolute atomic E-state index is 13.1. The molecule has 0 aliphatic heterocycles. The van der Waals surface area contributed by atoms with Crippen LogP contribution in [-0.4, -0.2) is 28.0 Å². The Morgan fingerprint density at radius 1 is 1.00 bits per heavy atom. The van der Waals surface area contributed by atoms with Crippen LogP contribution in [0, 0.1) is 6.92 Å². The Labute approximate surface area is 183 Å². The Kier molecular flexibility index (Phi) is 6.97. The normalized spacial score (nSPS) is 11.1. The van der Waals surface area contributed by atoms with E-state index in [9.17, 15) is 13.2 Å². The summed E-state index contributed by atoms with van der Waals surface area (Å²) in [5.74, 6) is 0.428. The quantitative estimate of drug-likeness (QED) is 0.573. The molecule has 3 aromatic rings. The van der Waals surface area contributed by atoms with Gasteiger partial charge in [-0.3, -0.25) is 9.10 Å². The summed E-state index contributed by atoms with van der Waals surface area (Å²) in [7, 11) is -2.30. The molecule has 0 saturated carbocycles. The van der Waals surface area contributed by atoms with E-state index in [1.165, 1.54) is 23.5 Å². The van der Waals surface area contributed by atoms with Crippen molar-refractivity contribution in [3.63, 3.8) is 0 Å². The van der Waals surface area contributed by atoms with Gasteiger partial charge in [-0.2, -0.15) is 0 Å². The Hall–Kier alpha value is -3.32. The van der Waals surface area contributed by atoms with Crippen LogP contribution in [0.1, 0.15) is 28.4 Å². The van der Waals surface area contributed by atoms with Gasteiger partial charge in [0.05, 0.1) is 17.2 Å². The van der Waals surface area contributed by atoms with Crippen molar-refractivity contribution in [2.45, 2.75) is 25.3 Å². The predicted octanol–water partition coefficient (Wildman–Crippen LogP) is 4.15. The number of amides is 1. The summed E-state index contributed by atoms with van der Waals surface area (Å²) >= 11 is 0. The van der Waals surface area contributed by atoms with Gasteiger partial charge in [-0.25, -0.2) is 8.42 Å². The van der Waals surface area contributed by atoms with Crippen molar-refractivity contribution in [2.24, 2.45) is 0 Å². The van der Waals surface area contributed by atoms with Crippen LogP contribution in [0.3, 0.4) is 0 Å². The van der Waals surface area contributed by atoms with Gasteiger partial charge in [0.1, 0.15) is 5.75 Å². The van der Waals surface area contributed by atoms with E-state index in [4.69, 9.17) is 4.74 Å². The SMILES string of the molecule is CCOc1ccc(CNC(=O)c2cccc(S(=O)(=O)N(C)c3ccccc3C)c2)cc1. The molecule has 0 unspecified atom stereocenters. The molecule has 0 saturated heterocycles. The summed E-state index contributed by atoms with van der Waals surface area (Å²) < 4.78 is 32.9. The topological polar surface area (TPSA) is 75.7 Å². The van der Waals surface area contributed by atoms with E-state index < -0.39 is 10.0 Å². The number of sulfonamides is 1. The summed E-state index contributed by atoms with van der Waals surface area (Å²) in [5, 5.41) is 2.83. The number of hydrogen-bond acceptors (Lipinski definition) is 4. The minimum atomic E-state index is -3.81. The zero-order chi connectivity index (χ0) is 22.4. The first-order valence-corrected chi connectivity index (χ1v) is 11.4. The van der Waals surface area contributed by atoms with E-state index in [-0.39, 0.29) is 16.4 Å². The van der Waals surface area contributed by atoms with E-state index in [1.54, 1.807) is 24.3 Å². The maximum atomic E-state index is 13.1. The van der Waals surface area contributed by atoms with Crippen molar-refractivity contribution in [1.29, 1.82) is 0 Å². The van der Waals surface area contributed by atoms with Crippen molar-refractivity contribution in [1.82, 2.24) is 5.32 Å². The fourth-order valence-corrected chi connectivity index (χ4v) is 4.46. The number of rotatable bonds is 8. The highest BCUT2D eigenvalue weighted by Gasteiger charge is 2.23. The van der Waals surface area contributed by atoms with Gasteiger partial charge in [0.2, 0.25) is 0 Å². The second-order valence-electron chi connectivity index (χ2n) is 7.05. The van der Waals surface area contributed by atoms with Gasteiger partial charge in [-0.15, -0.1) is 0 Å². The van der Waals surface area contributed by atoms with Gasteiger partial charge in [0, 0.05) is 19.2 Å². The van der Waals surface area contributed by atoms with Crippen LogP contribution in [0.2, 0.25) is 0 Å². The first kappa shape index (κ1) is 22.4. The first-order valence-electron chi connectivity index (χ1n) is 9.97. The molecule has 0 radical (unpaired) electrons. The molecule has 0 fully saturated rings. The third kappa shape index (κ3) is 5.24. The van der Waals surface area contributed by atoms with Gasteiger partial charge < -0.3 is 10.1 Å². The van der Waals surface area contributed by atoms with Crippen molar-refractivity contribution in [3.05, 3.63) is 89.5 Å². The number of hydrogen-bond donors (Lipinski definition) is 1. The smallest absolute Gasteiger partial charge is 0.264 e. The van der Waals surface area contributed by atoms with Crippen molar-refractivity contribution < 1.29 is 17.9 Å². The van der Waals surface area contributed by atoms with E-state index >= 15 is 0 Å². The van der Waals surface area contributed by atoms with E-state index in [0.717, 1.165) is 16.9 Å². The molecular formula is C24H26N2O4S. The van der Waals surface area contributed by atoms with E-state index in [2.05, 4.69) is 5.32 Å². The zero-order valence-corrected chi connectivity index (χ0v) is 18.6. The lowest BCUT2D eigenvalue weighted by atomic mass is 10.2. The van der Waals surface area contributed by atoms with Gasteiger partial charge in [-0.1, -0.05) is 36.4 Å². The van der Waals surface area contributed by atoms with Crippen LogP contribution in [-0.2, 0) is 16.6 Å². The highest BCUT2D eigenvalue weighted by molar-refractivity contribution is 7.92. The van der Waals surface area contributed by atoms with Gasteiger partial charge >= 0.3 is 0 Å². The molecular weight excluding hydrogens is 412 g/mol. The Morgan fingerprint density at radius 2 is 1.71 bits per heavy atom. The third-order valence-corrected chi connectivity index (χ3v) is 6.66. The maximum Gasteiger partial charge on any atom is 0.264 e. The predicted molar refractivity (Wildman–Crippen MR) is 122 cm³/mol. The molecule has 7 heteroatoms. The highest BCUT2D eigenvalue weighted by atomic mass is 32.2. The Morgan fingerprint density at radius 3 is 2.39 bits per heavy atom. The second-order valence-corrected chi connectivity index (χ2v) is 9.02. The molecule has 162 valence electrons. The molecule has 31 heavy (non-hydrogen) atoms. The highest BCUT2D eigenvalue weighted by Crippen LogP contribution is 2.25. The number of carbonyl (C=O) groups excluding carboxylic acids is 1. The first-order chi connectivity index (χ1) is 14.8. The lowest BCUT2D eigenvalue weighted by Crippen LogP contribution is -2.28. The fraction of sp³-hybridized carbons (Fsp3) is 0.208. The molecule has 1 amide bonds. The van der Waals surface area contributed by atoms with Crippen LogP contribution in [0.5, 0.6) is 5.75 Å². The fourth-order valence-electron chi connectivity index (χ4n) is 3.16. The van der Waals surface area contributed by atoms with Crippen molar-refractivity contribution >= 4 is 21.6 Å². The molecule has 6 nitrogen and oxygen atoms in total. The average Bonchev–Trinajstić information content (AvgIpc) is 2.78. The van der Waals surface area contributed by atoms with Crippen molar-refractivity contribution in [3.8, 4) is 5.75 Å². The molecule has 0 aliphatic carbocycles. The lowest BCUT2D eigenvalue weighted by molar-refractivity contribution is 0.0950. The number of aryl methyl sites for hydroxylation is 1. The average molecular weight is 439 g/mol. The minimum absolute atomic E-state index is 0.0620. The van der Waals surface area contributed by atoms with E-state index in [0.29, 0.717) is 18.8 Å². The number of carbonyl (C=O) groups is 1. The van der Waals surface area contributed by atoms with Crippen LogP contribution < -0.4 is 14.4 Å². The summed E-state index contributed by atoms with van der Waals surface area (Å²) in [4.78, 5) is 12.7. The van der Waals surface area contributed by atoms with Gasteiger partial charge in [-0.05, 0) is 61.4 Å². The minimum Gasteiger partial charge on any atom is -0.494 e. The van der Waals surface area contributed by atoms with Crippen LogP contribution in [0.15, 0.2) is 77.7 Å². The molecule has 0 atom stereocenters. The van der Waals surface area contributed by atoms with Crippen molar-refractivity contribution in [2.75, 3.05) is 18.0 Å². The molecule has 1 N–H and O–H groups in total.